The Bertz CT molecular complexity index is 829. The van der Waals surface area contributed by atoms with E-state index in [2.05, 4.69) is 24.9 Å². The zero-order chi connectivity index (χ0) is 14.4. The number of benzene rings is 1. The van der Waals surface area contributed by atoms with Gasteiger partial charge < -0.3 is 4.98 Å². The Hall–Kier alpha value is -1.58. The van der Waals surface area contributed by atoms with Crippen LogP contribution in [0.1, 0.15) is 25.7 Å². The fourth-order valence-corrected chi connectivity index (χ4v) is 3.70. The molecule has 0 radical (unpaired) electrons. The lowest BCUT2D eigenvalue weighted by Crippen LogP contribution is -1.84. The van der Waals surface area contributed by atoms with Gasteiger partial charge in [-0.25, -0.2) is 0 Å². The number of hydrogen-bond acceptors (Lipinski definition) is 2. The molecule has 20 heavy (non-hydrogen) atoms. The van der Waals surface area contributed by atoms with Gasteiger partial charge in [0.15, 0.2) is 6.29 Å². The SMILES string of the molecule is Cc1cc(-c2[nH]c3c(C)c(Cl)ccc3c2C=O)c(C)s1. The molecule has 0 fully saturated rings. The van der Waals surface area contributed by atoms with Gasteiger partial charge in [0.05, 0.1) is 11.2 Å². The van der Waals surface area contributed by atoms with Crippen molar-refractivity contribution in [2.75, 3.05) is 0 Å². The summed E-state index contributed by atoms with van der Waals surface area (Å²) in [5.41, 5.74) is 4.62. The van der Waals surface area contributed by atoms with E-state index in [1.54, 1.807) is 11.3 Å². The number of aromatic nitrogens is 1. The van der Waals surface area contributed by atoms with E-state index in [4.69, 9.17) is 11.6 Å². The van der Waals surface area contributed by atoms with Crippen molar-refractivity contribution in [1.82, 2.24) is 4.98 Å². The number of aryl methyl sites for hydroxylation is 3. The minimum atomic E-state index is 0.709. The number of fused-ring (bicyclic) bond motifs is 1. The van der Waals surface area contributed by atoms with Gasteiger partial charge in [-0.15, -0.1) is 11.3 Å². The molecular formula is C16H14ClNOS. The third kappa shape index (κ3) is 1.89. The number of H-pyrrole nitrogens is 1. The maximum atomic E-state index is 11.5. The average Bonchev–Trinajstić information content (AvgIpc) is 2.93. The lowest BCUT2D eigenvalue weighted by atomic mass is 10.1. The molecule has 0 aliphatic rings. The number of thiophene rings is 1. The van der Waals surface area contributed by atoms with Crippen molar-refractivity contribution in [3.8, 4) is 11.3 Å². The van der Waals surface area contributed by atoms with Gasteiger partial charge in [-0.05, 0) is 38.5 Å². The number of aromatic amines is 1. The highest BCUT2D eigenvalue weighted by Gasteiger charge is 2.17. The molecule has 4 heteroatoms. The first-order valence-electron chi connectivity index (χ1n) is 6.36. The molecule has 3 aromatic rings. The van der Waals surface area contributed by atoms with Crippen molar-refractivity contribution in [3.05, 3.63) is 44.1 Å². The minimum absolute atomic E-state index is 0.709. The normalized spacial score (nSPS) is 11.2. The summed E-state index contributed by atoms with van der Waals surface area (Å²) in [6.45, 7) is 6.12. The van der Waals surface area contributed by atoms with Gasteiger partial charge in [0.25, 0.3) is 0 Å². The maximum absolute atomic E-state index is 11.5. The zero-order valence-electron chi connectivity index (χ0n) is 11.5. The van der Waals surface area contributed by atoms with Crippen LogP contribution in [0.4, 0.5) is 0 Å². The number of hydrogen-bond donors (Lipinski definition) is 1. The molecule has 0 bridgehead atoms. The molecule has 0 spiro atoms. The molecule has 1 N–H and O–H groups in total. The molecule has 2 heterocycles. The van der Waals surface area contributed by atoms with E-state index in [1.807, 2.05) is 19.1 Å². The second-order valence-electron chi connectivity index (χ2n) is 4.95. The number of rotatable bonds is 2. The highest BCUT2D eigenvalue weighted by atomic mass is 35.5. The number of carbonyl (C=O) groups excluding carboxylic acids is 1. The summed E-state index contributed by atoms with van der Waals surface area (Å²) in [6.07, 6.45) is 0.925. The van der Waals surface area contributed by atoms with Crippen LogP contribution in [0.5, 0.6) is 0 Å². The van der Waals surface area contributed by atoms with Gasteiger partial charge in [-0.2, -0.15) is 0 Å². The lowest BCUT2D eigenvalue weighted by molar-refractivity contribution is 0.112. The monoisotopic (exact) mass is 303 g/mol. The van der Waals surface area contributed by atoms with E-state index in [1.165, 1.54) is 9.75 Å². The number of carbonyl (C=O) groups is 1. The topological polar surface area (TPSA) is 32.9 Å². The summed E-state index contributed by atoms with van der Waals surface area (Å²) in [5.74, 6) is 0. The summed E-state index contributed by atoms with van der Waals surface area (Å²) >= 11 is 7.91. The fourth-order valence-electron chi connectivity index (χ4n) is 2.61. The average molecular weight is 304 g/mol. The van der Waals surface area contributed by atoms with Gasteiger partial charge in [0.1, 0.15) is 0 Å². The highest BCUT2D eigenvalue weighted by molar-refractivity contribution is 7.12. The van der Waals surface area contributed by atoms with Crippen molar-refractivity contribution in [3.63, 3.8) is 0 Å². The van der Waals surface area contributed by atoms with E-state index in [-0.39, 0.29) is 0 Å². The van der Waals surface area contributed by atoms with E-state index in [9.17, 15) is 4.79 Å². The van der Waals surface area contributed by atoms with Gasteiger partial charge in [0.2, 0.25) is 0 Å². The summed E-state index contributed by atoms with van der Waals surface area (Å²) in [4.78, 5) is 17.4. The molecule has 0 saturated heterocycles. The molecule has 0 atom stereocenters. The summed E-state index contributed by atoms with van der Waals surface area (Å²) in [7, 11) is 0. The first kappa shape index (κ1) is 13.4. The summed E-state index contributed by atoms with van der Waals surface area (Å²) in [6, 6.07) is 5.87. The first-order chi connectivity index (χ1) is 9.52. The predicted octanol–water partition coefficient (Wildman–Crippen LogP) is 5.29. The molecule has 2 aromatic heterocycles. The van der Waals surface area contributed by atoms with Crippen LogP contribution in [-0.4, -0.2) is 11.3 Å². The molecule has 0 amide bonds. The van der Waals surface area contributed by atoms with Crippen LogP contribution in [0.3, 0.4) is 0 Å². The largest absolute Gasteiger partial charge is 0.354 e. The molecular weight excluding hydrogens is 290 g/mol. The van der Waals surface area contributed by atoms with E-state index < -0.39 is 0 Å². The van der Waals surface area contributed by atoms with E-state index in [0.717, 1.165) is 34.0 Å². The van der Waals surface area contributed by atoms with E-state index >= 15 is 0 Å². The van der Waals surface area contributed by atoms with Crippen molar-refractivity contribution in [2.45, 2.75) is 20.8 Å². The molecule has 0 saturated carbocycles. The lowest BCUT2D eigenvalue weighted by Gasteiger charge is -1.98. The first-order valence-corrected chi connectivity index (χ1v) is 7.55. The van der Waals surface area contributed by atoms with Gasteiger partial charge in [-0.3, -0.25) is 4.79 Å². The molecule has 3 rings (SSSR count). The Morgan fingerprint density at radius 3 is 2.60 bits per heavy atom. The number of halogens is 1. The molecule has 0 aliphatic heterocycles. The Labute approximate surface area is 126 Å². The highest BCUT2D eigenvalue weighted by Crippen LogP contribution is 2.37. The Balaban J connectivity index is 2.39. The molecule has 0 aliphatic carbocycles. The Morgan fingerprint density at radius 1 is 1.25 bits per heavy atom. The van der Waals surface area contributed by atoms with Crippen LogP contribution in [0.25, 0.3) is 22.2 Å². The van der Waals surface area contributed by atoms with Crippen molar-refractivity contribution in [1.29, 1.82) is 0 Å². The predicted molar refractivity (Wildman–Crippen MR) is 86.2 cm³/mol. The van der Waals surface area contributed by atoms with Crippen LogP contribution in [-0.2, 0) is 0 Å². The smallest absolute Gasteiger partial charge is 0.152 e. The standard InChI is InChI=1S/C16H14ClNOS/c1-8-6-12(10(3)20-8)16-13(7-19)11-4-5-14(17)9(2)15(11)18-16/h4-7,18H,1-3H3. The van der Waals surface area contributed by atoms with Crippen LogP contribution in [0, 0.1) is 20.8 Å². The van der Waals surface area contributed by atoms with Crippen LogP contribution in [0.2, 0.25) is 5.02 Å². The maximum Gasteiger partial charge on any atom is 0.152 e. The summed E-state index contributed by atoms with van der Waals surface area (Å²) in [5, 5.41) is 1.64. The van der Waals surface area contributed by atoms with Gasteiger partial charge in [0, 0.05) is 31.3 Å². The van der Waals surface area contributed by atoms with E-state index in [0.29, 0.717) is 10.6 Å². The number of nitrogens with one attached hydrogen (secondary N) is 1. The molecule has 0 unspecified atom stereocenters. The zero-order valence-corrected chi connectivity index (χ0v) is 13.1. The minimum Gasteiger partial charge on any atom is -0.354 e. The van der Waals surface area contributed by atoms with Gasteiger partial charge in [-0.1, -0.05) is 17.7 Å². The third-order valence-electron chi connectivity index (χ3n) is 3.64. The quantitative estimate of drug-likeness (QED) is 0.641. The second kappa shape index (κ2) is 4.76. The second-order valence-corrected chi connectivity index (χ2v) is 6.82. The molecule has 1 aromatic carbocycles. The third-order valence-corrected chi connectivity index (χ3v) is 5.01. The molecule has 2 nitrogen and oxygen atoms in total. The van der Waals surface area contributed by atoms with Crippen molar-refractivity contribution in [2.24, 2.45) is 0 Å². The fraction of sp³-hybridized carbons (Fsp3) is 0.188. The van der Waals surface area contributed by atoms with Crippen LogP contribution in [0.15, 0.2) is 18.2 Å². The number of aldehydes is 1. The van der Waals surface area contributed by atoms with Crippen LogP contribution < -0.4 is 0 Å². The molecule has 102 valence electrons. The van der Waals surface area contributed by atoms with Crippen molar-refractivity contribution < 1.29 is 4.79 Å². The summed E-state index contributed by atoms with van der Waals surface area (Å²) < 4.78 is 0. The Kier molecular flexibility index (Phi) is 3.19. The van der Waals surface area contributed by atoms with Gasteiger partial charge >= 0.3 is 0 Å². The van der Waals surface area contributed by atoms with Crippen molar-refractivity contribution >= 4 is 40.1 Å². The van der Waals surface area contributed by atoms with Crippen LogP contribution >= 0.6 is 22.9 Å². The Morgan fingerprint density at radius 2 is 2.00 bits per heavy atom.